The average Bonchev–Trinajstić information content (AvgIpc) is 2.81. The highest BCUT2D eigenvalue weighted by Crippen LogP contribution is 2.37. The molecule has 3 aromatic carbocycles. The quantitative estimate of drug-likeness (QED) is 0.129. The van der Waals surface area contributed by atoms with E-state index >= 15 is 0 Å². The third-order valence-electron chi connectivity index (χ3n) is 4.88. The second-order valence-electron chi connectivity index (χ2n) is 7.54. The zero-order valence-corrected chi connectivity index (χ0v) is 21.1. The molecule has 3 aromatic rings. The van der Waals surface area contributed by atoms with Gasteiger partial charge in [-0.1, -0.05) is 47.0 Å². The van der Waals surface area contributed by atoms with Crippen LogP contribution >= 0.6 is 23.2 Å². The Kier molecular flexibility index (Phi) is 8.00. The van der Waals surface area contributed by atoms with Crippen molar-refractivity contribution in [1.29, 1.82) is 5.26 Å². The van der Waals surface area contributed by atoms with Crippen molar-refractivity contribution < 1.29 is 22.3 Å². The minimum atomic E-state index is -4.23. The number of nitrogens with one attached hydrogen (secondary N) is 1. The highest BCUT2D eigenvalue weighted by molar-refractivity contribution is 7.87. The standard InChI is InChI=1S/C24H17Cl2N3O6S/c1-14-3-7-19(8-4-14)36(33,34)35-23-20(25)10-16(11-21(23)26)9-17(13-27)24(30)28-22-12-18(29(31)32)6-5-15(22)2/h3-12H,1-2H3,(H,28,30)/b17-9+. The first-order valence-electron chi connectivity index (χ1n) is 10.1. The average molecular weight is 546 g/mol. The van der Waals surface area contributed by atoms with Crippen LogP contribution in [0, 0.1) is 35.3 Å². The Morgan fingerprint density at radius 3 is 2.25 bits per heavy atom. The molecule has 0 unspecified atom stereocenters. The molecule has 0 saturated heterocycles. The lowest BCUT2D eigenvalue weighted by molar-refractivity contribution is -0.384. The second kappa shape index (κ2) is 10.8. The summed E-state index contributed by atoms with van der Waals surface area (Å²) in [6, 6.07) is 14.2. The highest BCUT2D eigenvalue weighted by atomic mass is 35.5. The zero-order chi connectivity index (χ0) is 26.6. The predicted molar refractivity (Wildman–Crippen MR) is 136 cm³/mol. The predicted octanol–water partition coefficient (Wildman–Crippen LogP) is 5.83. The first-order chi connectivity index (χ1) is 16.9. The number of carbonyl (C=O) groups excluding carboxylic acids is 1. The lowest BCUT2D eigenvalue weighted by Gasteiger charge is -2.11. The number of carbonyl (C=O) groups is 1. The molecule has 184 valence electrons. The van der Waals surface area contributed by atoms with Gasteiger partial charge in [0.2, 0.25) is 0 Å². The molecule has 9 nitrogen and oxygen atoms in total. The van der Waals surface area contributed by atoms with E-state index in [0.717, 1.165) is 5.56 Å². The van der Waals surface area contributed by atoms with Crippen molar-refractivity contribution in [2.75, 3.05) is 5.32 Å². The van der Waals surface area contributed by atoms with Gasteiger partial charge in [0, 0.05) is 12.1 Å². The molecule has 0 aromatic heterocycles. The molecule has 1 amide bonds. The number of nitro groups is 1. The van der Waals surface area contributed by atoms with Crippen molar-refractivity contribution >= 4 is 56.7 Å². The summed E-state index contributed by atoms with van der Waals surface area (Å²) >= 11 is 12.4. The second-order valence-corrected chi connectivity index (χ2v) is 9.91. The van der Waals surface area contributed by atoms with Crippen LogP contribution in [0.2, 0.25) is 10.0 Å². The van der Waals surface area contributed by atoms with Gasteiger partial charge in [-0.15, -0.1) is 0 Å². The van der Waals surface area contributed by atoms with Gasteiger partial charge in [-0.25, -0.2) is 0 Å². The van der Waals surface area contributed by atoms with Gasteiger partial charge in [0.15, 0.2) is 5.75 Å². The number of anilines is 1. The van der Waals surface area contributed by atoms with E-state index < -0.39 is 20.9 Å². The molecule has 0 aliphatic rings. The van der Waals surface area contributed by atoms with Crippen molar-refractivity contribution in [2.45, 2.75) is 18.7 Å². The molecule has 36 heavy (non-hydrogen) atoms. The van der Waals surface area contributed by atoms with Gasteiger partial charge in [-0.3, -0.25) is 14.9 Å². The van der Waals surface area contributed by atoms with E-state index in [1.165, 1.54) is 48.5 Å². The van der Waals surface area contributed by atoms with Crippen LogP contribution in [0.25, 0.3) is 6.08 Å². The maximum Gasteiger partial charge on any atom is 0.339 e. The normalized spacial score (nSPS) is 11.5. The molecular weight excluding hydrogens is 529 g/mol. The number of aryl methyl sites for hydroxylation is 2. The topological polar surface area (TPSA) is 139 Å². The molecule has 0 spiro atoms. The fourth-order valence-electron chi connectivity index (χ4n) is 2.97. The molecule has 0 saturated carbocycles. The summed E-state index contributed by atoms with van der Waals surface area (Å²) in [5.74, 6) is -1.14. The Morgan fingerprint density at radius 1 is 1.08 bits per heavy atom. The van der Waals surface area contributed by atoms with Gasteiger partial charge < -0.3 is 9.50 Å². The third-order valence-corrected chi connectivity index (χ3v) is 6.68. The first kappa shape index (κ1) is 26.7. The summed E-state index contributed by atoms with van der Waals surface area (Å²) in [7, 11) is -4.23. The summed E-state index contributed by atoms with van der Waals surface area (Å²) in [6.45, 7) is 3.44. The minimum Gasteiger partial charge on any atom is -0.376 e. The number of nitro benzene ring substituents is 1. The van der Waals surface area contributed by atoms with Crippen molar-refractivity contribution in [2.24, 2.45) is 0 Å². The molecule has 0 aliphatic heterocycles. The van der Waals surface area contributed by atoms with E-state index in [9.17, 15) is 28.6 Å². The van der Waals surface area contributed by atoms with Crippen LogP contribution in [-0.4, -0.2) is 19.2 Å². The van der Waals surface area contributed by atoms with E-state index in [1.54, 1.807) is 32.0 Å². The fraction of sp³-hybridized carbons (Fsp3) is 0.0833. The van der Waals surface area contributed by atoms with Gasteiger partial charge >= 0.3 is 10.1 Å². The van der Waals surface area contributed by atoms with E-state index in [4.69, 9.17) is 27.4 Å². The maximum atomic E-state index is 12.6. The summed E-state index contributed by atoms with van der Waals surface area (Å²) in [5.41, 5.74) is 1.21. The van der Waals surface area contributed by atoms with Crippen molar-refractivity contribution in [3.05, 3.63) is 97.0 Å². The monoisotopic (exact) mass is 545 g/mol. The van der Waals surface area contributed by atoms with Gasteiger partial charge in [0.25, 0.3) is 11.6 Å². The zero-order valence-electron chi connectivity index (χ0n) is 18.8. The molecule has 0 atom stereocenters. The van der Waals surface area contributed by atoms with Crippen LogP contribution in [0.5, 0.6) is 5.75 Å². The fourth-order valence-corrected chi connectivity index (χ4v) is 4.61. The summed E-state index contributed by atoms with van der Waals surface area (Å²) < 4.78 is 30.3. The molecule has 0 heterocycles. The van der Waals surface area contributed by atoms with Crippen molar-refractivity contribution in [3.8, 4) is 11.8 Å². The molecule has 0 aliphatic carbocycles. The highest BCUT2D eigenvalue weighted by Gasteiger charge is 2.21. The van der Waals surface area contributed by atoms with Crippen LogP contribution < -0.4 is 9.50 Å². The number of benzene rings is 3. The SMILES string of the molecule is Cc1ccc(S(=O)(=O)Oc2c(Cl)cc(/C=C(\C#N)C(=O)Nc3cc([N+](=O)[O-])ccc3C)cc2Cl)cc1. The van der Waals surface area contributed by atoms with E-state index in [2.05, 4.69) is 5.32 Å². The smallest absolute Gasteiger partial charge is 0.339 e. The van der Waals surface area contributed by atoms with Crippen LogP contribution in [0.4, 0.5) is 11.4 Å². The lowest BCUT2D eigenvalue weighted by Crippen LogP contribution is -2.14. The Labute approximate surface area is 216 Å². The van der Waals surface area contributed by atoms with E-state index in [1.807, 2.05) is 0 Å². The summed E-state index contributed by atoms with van der Waals surface area (Å²) in [4.78, 5) is 23.0. The number of hydrogen-bond donors (Lipinski definition) is 1. The molecule has 1 N–H and O–H groups in total. The molecule has 0 fully saturated rings. The first-order valence-corrected chi connectivity index (χ1v) is 12.3. The van der Waals surface area contributed by atoms with Crippen molar-refractivity contribution in [1.82, 2.24) is 0 Å². The maximum absolute atomic E-state index is 12.6. The Bertz CT molecular complexity index is 1520. The van der Waals surface area contributed by atoms with Crippen molar-refractivity contribution in [3.63, 3.8) is 0 Å². The van der Waals surface area contributed by atoms with Gasteiger partial charge in [-0.2, -0.15) is 13.7 Å². The molecular formula is C24H17Cl2N3O6S. The number of rotatable bonds is 7. The number of amides is 1. The molecule has 0 bridgehead atoms. The van der Waals surface area contributed by atoms with Crippen LogP contribution in [0.15, 0.2) is 65.1 Å². The van der Waals surface area contributed by atoms with Crippen LogP contribution in [0.1, 0.15) is 16.7 Å². The van der Waals surface area contributed by atoms with E-state index in [-0.39, 0.29) is 43.2 Å². The third kappa shape index (κ3) is 6.20. The molecule has 3 rings (SSSR count). The number of nitriles is 1. The van der Waals surface area contributed by atoms with Gasteiger partial charge in [0.05, 0.1) is 20.7 Å². The minimum absolute atomic E-state index is 0.0934. The van der Waals surface area contributed by atoms with Crippen LogP contribution in [0.3, 0.4) is 0 Å². The number of non-ortho nitro benzene ring substituents is 1. The molecule has 0 radical (unpaired) electrons. The molecule has 12 heteroatoms. The van der Waals surface area contributed by atoms with Gasteiger partial charge in [-0.05, 0) is 55.3 Å². The number of nitrogens with zero attached hydrogens (tertiary/aromatic N) is 2. The Morgan fingerprint density at radius 2 is 1.69 bits per heavy atom. The Balaban J connectivity index is 1.88. The van der Waals surface area contributed by atoms with Crippen LogP contribution in [-0.2, 0) is 14.9 Å². The lowest BCUT2D eigenvalue weighted by atomic mass is 10.1. The summed E-state index contributed by atoms with van der Waals surface area (Å²) in [5, 5.41) is 22.6. The summed E-state index contributed by atoms with van der Waals surface area (Å²) in [6.07, 6.45) is 1.18. The number of hydrogen-bond acceptors (Lipinski definition) is 7. The van der Waals surface area contributed by atoms with E-state index in [0.29, 0.717) is 5.56 Å². The number of halogens is 2. The Hall–Kier alpha value is -3.91. The largest absolute Gasteiger partial charge is 0.376 e. The van der Waals surface area contributed by atoms with Gasteiger partial charge in [0.1, 0.15) is 16.5 Å².